The normalized spacial score (nSPS) is 10.4. The van der Waals surface area contributed by atoms with Gasteiger partial charge >= 0.3 is 5.97 Å². The van der Waals surface area contributed by atoms with E-state index in [-0.39, 0.29) is 40.8 Å². The SMILES string of the molecule is CCOC(=O)c1c(-c2ccc(Cl)cc2)noc1NC(=O)c1cc(OC)c(OC)cc1[N+](=O)[O-]. The first-order chi connectivity index (χ1) is 15.8. The first kappa shape index (κ1) is 23.5. The summed E-state index contributed by atoms with van der Waals surface area (Å²) in [6, 6.07) is 8.59. The van der Waals surface area contributed by atoms with Crippen molar-refractivity contribution in [1.29, 1.82) is 0 Å². The van der Waals surface area contributed by atoms with Crippen molar-refractivity contribution in [3.63, 3.8) is 0 Å². The minimum absolute atomic E-state index is 0.0542. The zero-order valence-corrected chi connectivity index (χ0v) is 18.5. The quantitative estimate of drug-likeness (QED) is 0.285. The van der Waals surface area contributed by atoms with E-state index >= 15 is 0 Å². The number of nitro groups is 1. The number of halogens is 1. The molecule has 1 heterocycles. The van der Waals surface area contributed by atoms with Gasteiger partial charge in [-0.15, -0.1) is 0 Å². The maximum atomic E-state index is 13.0. The molecule has 0 aliphatic heterocycles. The predicted molar refractivity (Wildman–Crippen MR) is 117 cm³/mol. The van der Waals surface area contributed by atoms with Gasteiger partial charge in [-0.3, -0.25) is 20.2 Å². The van der Waals surface area contributed by atoms with Gasteiger partial charge in [0.05, 0.1) is 31.8 Å². The van der Waals surface area contributed by atoms with Crippen LogP contribution in [0.25, 0.3) is 11.3 Å². The summed E-state index contributed by atoms with van der Waals surface area (Å²) in [5, 5.41) is 18.2. The minimum atomic E-state index is -0.938. The molecule has 11 nitrogen and oxygen atoms in total. The lowest BCUT2D eigenvalue weighted by Gasteiger charge is -2.10. The standard InChI is InChI=1S/C21H18ClN3O8/c1-4-32-21(27)17-18(11-5-7-12(22)8-6-11)24-33-20(17)23-19(26)13-9-15(30-2)16(31-3)10-14(13)25(28)29/h5-10H,4H2,1-3H3,(H,23,26). The van der Waals surface area contributed by atoms with Gasteiger partial charge in [0.25, 0.3) is 11.6 Å². The monoisotopic (exact) mass is 475 g/mol. The fourth-order valence-corrected chi connectivity index (χ4v) is 3.07. The van der Waals surface area contributed by atoms with E-state index < -0.39 is 22.5 Å². The minimum Gasteiger partial charge on any atom is -0.493 e. The Morgan fingerprint density at radius 3 is 2.36 bits per heavy atom. The van der Waals surface area contributed by atoms with Gasteiger partial charge in [0.1, 0.15) is 11.3 Å². The molecule has 0 aliphatic carbocycles. The summed E-state index contributed by atoms with van der Waals surface area (Å²) >= 11 is 5.91. The van der Waals surface area contributed by atoms with E-state index in [0.717, 1.165) is 12.1 Å². The van der Waals surface area contributed by atoms with Gasteiger partial charge < -0.3 is 18.7 Å². The molecule has 0 fully saturated rings. The second-order valence-corrected chi connectivity index (χ2v) is 6.83. The average molecular weight is 476 g/mol. The Labute approximate surface area is 192 Å². The number of anilines is 1. The number of methoxy groups -OCH3 is 2. The first-order valence-corrected chi connectivity index (χ1v) is 9.82. The summed E-state index contributed by atoms with van der Waals surface area (Å²) < 4.78 is 20.5. The molecule has 2 aromatic carbocycles. The number of amides is 1. The van der Waals surface area contributed by atoms with E-state index in [0.29, 0.717) is 10.6 Å². The van der Waals surface area contributed by atoms with Gasteiger partial charge in [-0.1, -0.05) is 28.9 Å². The van der Waals surface area contributed by atoms with Gasteiger partial charge in [-0.25, -0.2) is 4.79 Å². The average Bonchev–Trinajstić information content (AvgIpc) is 3.22. The lowest BCUT2D eigenvalue weighted by atomic mass is 10.1. The van der Waals surface area contributed by atoms with Crippen LogP contribution in [-0.2, 0) is 4.74 Å². The molecule has 12 heteroatoms. The van der Waals surface area contributed by atoms with Crippen molar-refractivity contribution < 1.29 is 33.2 Å². The highest BCUT2D eigenvalue weighted by molar-refractivity contribution is 6.30. The number of aromatic nitrogens is 1. The second kappa shape index (κ2) is 10.0. The molecular weight excluding hydrogens is 458 g/mol. The second-order valence-electron chi connectivity index (χ2n) is 6.40. The van der Waals surface area contributed by atoms with Crippen molar-refractivity contribution in [2.45, 2.75) is 6.92 Å². The van der Waals surface area contributed by atoms with Gasteiger partial charge in [-0.2, -0.15) is 0 Å². The van der Waals surface area contributed by atoms with Crippen LogP contribution in [0.2, 0.25) is 5.02 Å². The van der Waals surface area contributed by atoms with E-state index in [1.807, 2.05) is 0 Å². The third-order valence-corrected chi connectivity index (χ3v) is 4.71. The lowest BCUT2D eigenvalue weighted by molar-refractivity contribution is -0.385. The van der Waals surface area contributed by atoms with Crippen LogP contribution in [0, 0.1) is 10.1 Å². The van der Waals surface area contributed by atoms with Crippen LogP contribution < -0.4 is 14.8 Å². The maximum absolute atomic E-state index is 13.0. The summed E-state index contributed by atoms with van der Waals surface area (Å²) in [4.78, 5) is 36.4. The Hall–Kier alpha value is -4.12. The van der Waals surface area contributed by atoms with Crippen LogP contribution in [0.1, 0.15) is 27.6 Å². The maximum Gasteiger partial charge on any atom is 0.346 e. The van der Waals surface area contributed by atoms with Crippen molar-refractivity contribution in [3.05, 3.63) is 62.7 Å². The molecule has 0 atom stereocenters. The molecule has 1 aromatic heterocycles. The number of benzene rings is 2. The zero-order chi connectivity index (χ0) is 24.1. The van der Waals surface area contributed by atoms with E-state index in [1.165, 1.54) is 14.2 Å². The number of hydrogen-bond acceptors (Lipinski definition) is 9. The van der Waals surface area contributed by atoms with Crippen LogP contribution in [0.4, 0.5) is 11.6 Å². The molecule has 33 heavy (non-hydrogen) atoms. The van der Waals surface area contributed by atoms with Crippen molar-refractivity contribution in [2.24, 2.45) is 0 Å². The molecule has 0 bridgehead atoms. The van der Waals surface area contributed by atoms with Gasteiger partial charge in [-0.05, 0) is 19.1 Å². The number of carbonyl (C=O) groups excluding carboxylic acids is 2. The third-order valence-electron chi connectivity index (χ3n) is 4.46. The number of rotatable bonds is 8. The topological polar surface area (TPSA) is 143 Å². The molecule has 0 spiro atoms. The molecular formula is C21H18ClN3O8. The van der Waals surface area contributed by atoms with Crippen molar-refractivity contribution in [3.8, 4) is 22.8 Å². The number of esters is 1. The highest BCUT2D eigenvalue weighted by atomic mass is 35.5. The molecule has 0 radical (unpaired) electrons. The number of hydrogen-bond donors (Lipinski definition) is 1. The Balaban J connectivity index is 2.06. The fraction of sp³-hybridized carbons (Fsp3) is 0.190. The Bertz CT molecular complexity index is 1210. The molecule has 172 valence electrons. The molecule has 0 saturated heterocycles. The van der Waals surface area contributed by atoms with Crippen molar-refractivity contribution >= 4 is 35.0 Å². The summed E-state index contributed by atoms with van der Waals surface area (Å²) in [5.41, 5.74) is -0.473. The largest absolute Gasteiger partial charge is 0.493 e. The van der Waals surface area contributed by atoms with Crippen molar-refractivity contribution in [2.75, 3.05) is 26.1 Å². The zero-order valence-electron chi connectivity index (χ0n) is 17.7. The summed E-state index contributed by atoms with van der Waals surface area (Å²) in [6.45, 7) is 1.66. The first-order valence-electron chi connectivity index (χ1n) is 9.45. The van der Waals surface area contributed by atoms with Crippen molar-refractivity contribution in [1.82, 2.24) is 5.16 Å². The Kier molecular flexibility index (Phi) is 7.13. The van der Waals surface area contributed by atoms with Gasteiger partial charge in [0.2, 0.25) is 5.88 Å². The van der Waals surface area contributed by atoms with Crippen LogP contribution in [0.15, 0.2) is 40.9 Å². The predicted octanol–water partition coefficient (Wildman–Crippen LogP) is 4.35. The number of nitrogens with one attached hydrogen (secondary N) is 1. The fourth-order valence-electron chi connectivity index (χ4n) is 2.94. The van der Waals surface area contributed by atoms with Gasteiger partial charge in [0, 0.05) is 16.7 Å². The third kappa shape index (κ3) is 4.88. The van der Waals surface area contributed by atoms with E-state index in [9.17, 15) is 19.7 Å². The molecule has 3 aromatic rings. The Morgan fingerprint density at radius 2 is 1.79 bits per heavy atom. The molecule has 3 rings (SSSR count). The summed E-state index contributed by atoms with van der Waals surface area (Å²) in [7, 11) is 2.62. The van der Waals surface area contributed by atoms with Crippen LogP contribution in [0.5, 0.6) is 11.5 Å². The molecule has 1 amide bonds. The lowest BCUT2D eigenvalue weighted by Crippen LogP contribution is -2.17. The van der Waals surface area contributed by atoms with E-state index in [4.69, 9.17) is 30.3 Å². The molecule has 1 N–H and O–H groups in total. The highest BCUT2D eigenvalue weighted by Gasteiger charge is 2.30. The summed E-state index contributed by atoms with van der Waals surface area (Å²) in [6.07, 6.45) is 0. The van der Waals surface area contributed by atoms with Crippen LogP contribution >= 0.6 is 11.6 Å². The van der Waals surface area contributed by atoms with E-state index in [2.05, 4.69) is 10.5 Å². The smallest absolute Gasteiger partial charge is 0.346 e. The Morgan fingerprint density at radius 1 is 1.15 bits per heavy atom. The summed E-state index contributed by atoms with van der Waals surface area (Å²) in [5.74, 6) is -1.92. The number of nitro benzene ring substituents is 1. The number of nitrogens with zero attached hydrogens (tertiary/aromatic N) is 2. The van der Waals surface area contributed by atoms with E-state index in [1.54, 1.807) is 31.2 Å². The van der Waals surface area contributed by atoms with Crippen LogP contribution in [0.3, 0.4) is 0 Å². The number of ether oxygens (including phenoxy) is 3. The molecule has 0 saturated carbocycles. The molecule has 0 unspecified atom stereocenters. The van der Waals surface area contributed by atoms with Crippen LogP contribution in [-0.4, -0.2) is 42.8 Å². The number of carbonyl (C=O) groups is 2. The van der Waals surface area contributed by atoms with Gasteiger partial charge in [0.15, 0.2) is 17.1 Å². The highest BCUT2D eigenvalue weighted by Crippen LogP contribution is 2.36. The molecule has 0 aliphatic rings.